The van der Waals surface area contributed by atoms with E-state index in [9.17, 15) is 13.9 Å². The van der Waals surface area contributed by atoms with Gasteiger partial charge in [-0.1, -0.05) is 19.1 Å². The van der Waals surface area contributed by atoms with Crippen LogP contribution in [0, 0.1) is 11.6 Å². The van der Waals surface area contributed by atoms with Gasteiger partial charge >= 0.3 is 0 Å². The Bertz CT molecular complexity index is 554. The van der Waals surface area contributed by atoms with Crippen molar-refractivity contribution in [3.8, 4) is 0 Å². The first kappa shape index (κ1) is 13.7. The second-order valence-corrected chi connectivity index (χ2v) is 4.40. The fraction of sp³-hybridized carbons (Fsp3) is 0.357. The molecule has 3 nitrogen and oxygen atoms in total. The van der Waals surface area contributed by atoms with Gasteiger partial charge in [0.05, 0.1) is 6.10 Å². The standard InChI is InChI=1S/C14H16F2N2O/c1-2-7-18-8-6-17-13(18)9-12(19)10-4-3-5-11(15)14(10)16/h3-6,8,12,19H,2,7,9H2,1H3. The number of rotatable bonds is 5. The minimum absolute atomic E-state index is 0.0361. The van der Waals surface area contributed by atoms with Crippen LogP contribution in [-0.2, 0) is 13.0 Å². The Kier molecular flexibility index (Phi) is 4.27. The summed E-state index contributed by atoms with van der Waals surface area (Å²) in [6, 6.07) is 3.80. The minimum atomic E-state index is -1.10. The van der Waals surface area contributed by atoms with E-state index in [0.717, 1.165) is 19.0 Å². The van der Waals surface area contributed by atoms with Crippen molar-refractivity contribution in [1.82, 2.24) is 9.55 Å². The molecular weight excluding hydrogens is 250 g/mol. The van der Waals surface area contributed by atoms with E-state index in [2.05, 4.69) is 4.98 Å². The lowest BCUT2D eigenvalue weighted by molar-refractivity contribution is 0.168. The van der Waals surface area contributed by atoms with Gasteiger partial charge in [0, 0.05) is 30.9 Å². The molecule has 19 heavy (non-hydrogen) atoms. The number of hydrogen-bond acceptors (Lipinski definition) is 2. The van der Waals surface area contributed by atoms with Gasteiger partial charge in [-0.15, -0.1) is 0 Å². The van der Waals surface area contributed by atoms with E-state index in [1.165, 1.54) is 12.1 Å². The van der Waals surface area contributed by atoms with Crippen LogP contribution in [0.2, 0.25) is 0 Å². The molecule has 1 N–H and O–H groups in total. The van der Waals surface area contributed by atoms with Crippen molar-refractivity contribution >= 4 is 0 Å². The van der Waals surface area contributed by atoms with Gasteiger partial charge in [-0.3, -0.25) is 0 Å². The lowest BCUT2D eigenvalue weighted by Crippen LogP contribution is -2.10. The number of imidazole rings is 1. The van der Waals surface area contributed by atoms with Gasteiger partial charge in [0.15, 0.2) is 11.6 Å². The number of benzene rings is 1. The Morgan fingerprint density at radius 1 is 1.37 bits per heavy atom. The molecule has 0 amide bonds. The minimum Gasteiger partial charge on any atom is -0.388 e. The summed E-state index contributed by atoms with van der Waals surface area (Å²) in [5.41, 5.74) is -0.0361. The highest BCUT2D eigenvalue weighted by atomic mass is 19.2. The van der Waals surface area contributed by atoms with Crippen molar-refractivity contribution in [2.45, 2.75) is 32.4 Å². The molecule has 0 saturated heterocycles. The maximum atomic E-state index is 13.6. The Labute approximate surface area is 110 Å². The van der Waals surface area contributed by atoms with Gasteiger partial charge in [-0.25, -0.2) is 13.8 Å². The van der Waals surface area contributed by atoms with Gasteiger partial charge in [0.25, 0.3) is 0 Å². The fourth-order valence-electron chi connectivity index (χ4n) is 2.04. The highest BCUT2D eigenvalue weighted by Gasteiger charge is 2.18. The third-order valence-electron chi connectivity index (χ3n) is 2.98. The van der Waals surface area contributed by atoms with Crippen LogP contribution in [0.25, 0.3) is 0 Å². The Balaban J connectivity index is 2.18. The number of aryl methyl sites for hydroxylation is 1. The molecular formula is C14H16F2N2O. The second-order valence-electron chi connectivity index (χ2n) is 4.40. The zero-order valence-electron chi connectivity index (χ0n) is 10.7. The van der Waals surface area contributed by atoms with Gasteiger partial charge in [-0.2, -0.15) is 0 Å². The van der Waals surface area contributed by atoms with Gasteiger partial charge < -0.3 is 9.67 Å². The average molecular weight is 266 g/mol. The number of nitrogens with zero attached hydrogens (tertiary/aromatic N) is 2. The van der Waals surface area contributed by atoms with Crippen LogP contribution in [0.4, 0.5) is 8.78 Å². The van der Waals surface area contributed by atoms with Crippen LogP contribution in [0.5, 0.6) is 0 Å². The molecule has 2 rings (SSSR count). The van der Waals surface area contributed by atoms with Crippen LogP contribution in [0.3, 0.4) is 0 Å². The zero-order chi connectivity index (χ0) is 13.8. The first-order valence-corrected chi connectivity index (χ1v) is 6.25. The summed E-state index contributed by atoms with van der Waals surface area (Å²) in [6.07, 6.45) is 3.45. The zero-order valence-corrected chi connectivity index (χ0v) is 10.7. The number of halogens is 2. The van der Waals surface area contributed by atoms with Crippen molar-refractivity contribution < 1.29 is 13.9 Å². The molecule has 0 aliphatic heterocycles. The largest absolute Gasteiger partial charge is 0.388 e. The van der Waals surface area contributed by atoms with E-state index in [-0.39, 0.29) is 12.0 Å². The van der Waals surface area contributed by atoms with E-state index >= 15 is 0 Å². The molecule has 1 atom stereocenters. The first-order valence-electron chi connectivity index (χ1n) is 6.25. The van der Waals surface area contributed by atoms with Gasteiger partial charge in [-0.05, 0) is 12.5 Å². The van der Waals surface area contributed by atoms with Crippen molar-refractivity contribution in [1.29, 1.82) is 0 Å². The highest BCUT2D eigenvalue weighted by molar-refractivity contribution is 5.22. The molecule has 0 aliphatic rings. The molecule has 0 fully saturated rings. The van der Waals surface area contributed by atoms with Crippen LogP contribution in [0.1, 0.15) is 30.8 Å². The summed E-state index contributed by atoms with van der Waals surface area (Å²) in [6.45, 7) is 2.82. The van der Waals surface area contributed by atoms with E-state index in [0.29, 0.717) is 5.82 Å². The van der Waals surface area contributed by atoms with Crippen LogP contribution in [0.15, 0.2) is 30.6 Å². The molecule has 1 heterocycles. The third-order valence-corrected chi connectivity index (χ3v) is 2.98. The first-order chi connectivity index (χ1) is 9.13. The molecule has 1 aromatic carbocycles. The van der Waals surface area contributed by atoms with Crippen LogP contribution < -0.4 is 0 Å². The molecule has 2 aromatic rings. The molecule has 0 spiro atoms. The van der Waals surface area contributed by atoms with E-state index in [1.807, 2.05) is 17.7 Å². The van der Waals surface area contributed by atoms with Crippen molar-refractivity contribution in [3.63, 3.8) is 0 Å². The monoisotopic (exact) mass is 266 g/mol. The van der Waals surface area contributed by atoms with Crippen molar-refractivity contribution in [2.75, 3.05) is 0 Å². The van der Waals surface area contributed by atoms with E-state index < -0.39 is 17.7 Å². The third kappa shape index (κ3) is 2.98. The van der Waals surface area contributed by atoms with Crippen LogP contribution in [-0.4, -0.2) is 14.7 Å². The molecule has 5 heteroatoms. The lowest BCUT2D eigenvalue weighted by Gasteiger charge is -2.13. The van der Waals surface area contributed by atoms with Crippen LogP contribution >= 0.6 is 0 Å². The molecule has 0 radical (unpaired) electrons. The molecule has 0 bridgehead atoms. The summed E-state index contributed by atoms with van der Waals surface area (Å²) in [5.74, 6) is -1.28. The quantitative estimate of drug-likeness (QED) is 0.903. The van der Waals surface area contributed by atoms with Crippen molar-refractivity contribution in [2.24, 2.45) is 0 Å². The molecule has 0 saturated carbocycles. The number of aliphatic hydroxyl groups is 1. The molecule has 102 valence electrons. The van der Waals surface area contributed by atoms with E-state index in [4.69, 9.17) is 0 Å². The summed E-state index contributed by atoms with van der Waals surface area (Å²) < 4.78 is 28.6. The molecule has 0 aliphatic carbocycles. The normalized spacial score (nSPS) is 12.6. The fourth-order valence-corrected chi connectivity index (χ4v) is 2.04. The van der Waals surface area contributed by atoms with E-state index in [1.54, 1.807) is 6.20 Å². The smallest absolute Gasteiger partial charge is 0.164 e. The maximum Gasteiger partial charge on any atom is 0.164 e. The summed E-state index contributed by atoms with van der Waals surface area (Å²) in [4.78, 5) is 4.14. The second kappa shape index (κ2) is 5.93. The summed E-state index contributed by atoms with van der Waals surface area (Å²) in [7, 11) is 0. The van der Waals surface area contributed by atoms with Gasteiger partial charge in [0.1, 0.15) is 5.82 Å². The topological polar surface area (TPSA) is 38.0 Å². The Morgan fingerprint density at radius 3 is 2.89 bits per heavy atom. The van der Waals surface area contributed by atoms with Crippen molar-refractivity contribution in [3.05, 3.63) is 53.6 Å². The molecule has 1 unspecified atom stereocenters. The lowest BCUT2D eigenvalue weighted by atomic mass is 10.1. The highest BCUT2D eigenvalue weighted by Crippen LogP contribution is 2.22. The summed E-state index contributed by atoms with van der Waals surface area (Å²) >= 11 is 0. The SMILES string of the molecule is CCCn1ccnc1CC(O)c1cccc(F)c1F. The molecule has 1 aromatic heterocycles. The van der Waals surface area contributed by atoms with Gasteiger partial charge in [0.2, 0.25) is 0 Å². The predicted molar refractivity (Wildman–Crippen MR) is 67.5 cm³/mol. The predicted octanol–water partition coefficient (Wildman–Crippen LogP) is 2.85. The number of aliphatic hydroxyl groups excluding tert-OH is 1. The summed E-state index contributed by atoms with van der Waals surface area (Å²) in [5, 5.41) is 10.0. The Morgan fingerprint density at radius 2 is 2.16 bits per heavy atom. The maximum absolute atomic E-state index is 13.6. The number of hydrogen-bond donors (Lipinski definition) is 1. The average Bonchev–Trinajstić information content (AvgIpc) is 2.80. The number of aromatic nitrogens is 2. The Hall–Kier alpha value is -1.75.